The van der Waals surface area contributed by atoms with Gasteiger partial charge in [-0.3, -0.25) is 4.79 Å². The second kappa shape index (κ2) is 12.2. The largest absolute Gasteiger partial charge is 0.465 e. The first kappa shape index (κ1) is 38.0. The standard InChI is InChI=1S/C25H20F17NO2S/c26-18(27,19(28,29)20(30,31)21(32,33)22(34,35)23(36,37)24(38,39)25(40,41)42)9-10-45-16(44)8-7-14-11-13-6-5-12-3-1-2-4-15(12)17(13)43-46-14/h1-4,13-14H,5-11H2. The van der Waals surface area contributed by atoms with E-state index in [0.29, 0.717) is 6.42 Å². The second-order valence-electron chi connectivity index (χ2n) is 10.5. The first-order valence-electron chi connectivity index (χ1n) is 12.9. The van der Waals surface area contributed by atoms with Gasteiger partial charge in [-0.1, -0.05) is 24.3 Å². The number of carbonyl (C=O) groups is 1. The minimum absolute atomic E-state index is 0.00454. The maximum atomic E-state index is 14.0. The van der Waals surface area contributed by atoms with Crippen molar-refractivity contribution in [1.29, 1.82) is 0 Å². The summed E-state index contributed by atoms with van der Waals surface area (Å²) >= 11 is 1.08. The Balaban J connectivity index is 1.63. The minimum Gasteiger partial charge on any atom is -0.465 e. The van der Waals surface area contributed by atoms with Crippen LogP contribution in [0.25, 0.3) is 0 Å². The van der Waals surface area contributed by atoms with Crippen LogP contribution in [0, 0.1) is 5.92 Å². The van der Waals surface area contributed by atoms with Crippen LogP contribution in [0.2, 0.25) is 0 Å². The van der Waals surface area contributed by atoms with Crippen LogP contribution in [0.4, 0.5) is 74.6 Å². The van der Waals surface area contributed by atoms with Gasteiger partial charge in [-0.05, 0) is 43.2 Å². The van der Waals surface area contributed by atoms with Crippen molar-refractivity contribution in [2.45, 2.75) is 91.4 Å². The summed E-state index contributed by atoms with van der Waals surface area (Å²) in [5.41, 5.74) is 2.85. The van der Waals surface area contributed by atoms with E-state index in [1.807, 2.05) is 24.3 Å². The van der Waals surface area contributed by atoms with Gasteiger partial charge in [0.2, 0.25) is 0 Å². The average Bonchev–Trinajstić information content (AvgIpc) is 2.94. The predicted molar refractivity (Wildman–Crippen MR) is 126 cm³/mol. The molecule has 1 aromatic carbocycles. The van der Waals surface area contributed by atoms with Gasteiger partial charge in [0.1, 0.15) is 0 Å². The molecule has 2 atom stereocenters. The summed E-state index contributed by atoms with van der Waals surface area (Å²) in [5, 5.41) is -0.317. The fourth-order valence-corrected chi connectivity index (χ4v) is 5.74. The average molecular weight is 721 g/mol. The molecule has 3 rings (SSSR count). The highest BCUT2D eigenvalue weighted by Crippen LogP contribution is 2.64. The molecule has 21 heteroatoms. The summed E-state index contributed by atoms with van der Waals surface area (Å²) in [4.78, 5) is 11.9. The normalized spacial score (nSPS) is 20.5. The Labute approximate surface area is 252 Å². The second-order valence-corrected chi connectivity index (χ2v) is 11.6. The van der Waals surface area contributed by atoms with E-state index in [2.05, 4.69) is 9.13 Å². The Bertz CT molecular complexity index is 1310. The molecule has 1 aliphatic heterocycles. The molecule has 1 heterocycles. The number of esters is 1. The number of carbonyl (C=O) groups excluding carboxylic acids is 1. The van der Waals surface area contributed by atoms with Crippen molar-refractivity contribution < 1.29 is 84.2 Å². The fraction of sp³-hybridized carbons (Fsp3) is 0.680. The van der Waals surface area contributed by atoms with Crippen LogP contribution in [0.5, 0.6) is 0 Å². The third kappa shape index (κ3) is 6.12. The monoisotopic (exact) mass is 721 g/mol. The SMILES string of the molecule is O=C(CCC1CC2CCc3ccccc3C2=NS1)OCCC(F)(F)C(F)(F)C(F)(F)C(F)(F)C(F)(F)C(F)(F)C(F)(F)C(F)(F)F. The number of alkyl halides is 17. The number of ether oxygens (including phenoxy) is 1. The number of hydrogen-bond acceptors (Lipinski definition) is 4. The molecular weight excluding hydrogens is 701 g/mol. The number of hydrogen-bond donors (Lipinski definition) is 0. The summed E-state index contributed by atoms with van der Waals surface area (Å²) in [6, 6.07) is 7.48. The summed E-state index contributed by atoms with van der Waals surface area (Å²) in [5.74, 6) is -58.2. The summed E-state index contributed by atoms with van der Waals surface area (Å²) in [6.07, 6.45) is -9.24. The molecule has 2 unspecified atom stereocenters. The van der Waals surface area contributed by atoms with Crippen molar-refractivity contribution in [1.82, 2.24) is 0 Å². The molecule has 0 fully saturated rings. The Hall–Kier alpha value is -2.48. The van der Waals surface area contributed by atoms with Crippen LogP contribution in [-0.4, -0.2) is 71.2 Å². The maximum absolute atomic E-state index is 14.0. The number of benzene rings is 1. The molecule has 1 aromatic rings. The Morgan fingerprint density at radius 3 is 1.85 bits per heavy atom. The highest BCUT2D eigenvalue weighted by atomic mass is 32.2. The van der Waals surface area contributed by atoms with Gasteiger partial charge < -0.3 is 4.74 Å². The van der Waals surface area contributed by atoms with Gasteiger partial charge in [-0.25, -0.2) is 4.40 Å². The Morgan fingerprint density at radius 2 is 1.28 bits per heavy atom. The number of aryl methyl sites for hydroxylation is 1. The minimum atomic E-state index is -8.68. The zero-order valence-electron chi connectivity index (χ0n) is 22.5. The van der Waals surface area contributed by atoms with E-state index in [1.54, 1.807) is 0 Å². The molecule has 0 radical (unpaired) electrons. The number of rotatable bonds is 12. The van der Waals surface area contributed by atoms with Crippen LogP contribution in [0.15, 0.2) is 28.7 Å². The van der Waals surface area contributed by atoms with Gasteiger partial charge in [0.25, 0.3) is 0 Å². The van der Waals surface area contributed by atoms with Gasteiger partial charge >= 0.3 is 53.6 Å². The summed E-state index contributed by atoms with van der Waals surface area (Å²) in [6.45, 7) is -1.94. The molecule has 0 bridgehead atoms. The molecule has 2 aliphatic rings. The van der Waals surface area contributed by atoms with Crippen LogP contribution >= 0.6 is 11.9 Å². The first-order chi connectivity index (χ1) is 20.7. The van der Waals surface area contributed by atoms with E-state index in [9.17, 15) is 79.4 Å². The van der Waals surface area contributed by atoms with Crippen molar-refractivity contribution in [2.75, 3.05) is 6.61 Å². The van der Waals surface area contributed by atoms with Gasteiger partial charge in [0, 0.05) is 23.2 Å². The Morgan fingerprint density at radius 1 is 0.761 bits per heavy atom. The zero-order chi connectivity index (χ0) is 35.4. The Kier molecular flexibility index (Phi) is 10.1. The number of nitrogens with zero attached hydrogens (tertiary/aromatic N) is 1. The van der Waals surface area contributed by atoms with Crippen molar-refractivity contribution in [3.05, 3.63) is 35.4 Å². The molecule has 0 saturated heterocycles. The van der Waals surface area contributed by atoms with Crippen LogP contribution < -0.4 is 0 Å². The first-order valence-corrected chi connectivity index (χ1v) is 13.7. The van der Waals surface area contributed by atoms with Gasteiger partial charge in [0.05, 0.1) is 18.7 Å². The van der Waals surface area contributed by atoms with E-state index in [-0.39, 0.29) is 17.6 Å². The van der Waals surface area contributed by atoms with E-state index in [4.69, 9.17) is 0 Å². The van der Waals surface area contributed by atoms with Gasteiger partial charge in [-0.15, -0.1) is 0 Å². The molecule has 262 valence electrons. The molecule has 0 spiro atoms. The summed E-state index contributed by atoms with van der Waals surface area (Å²) < 4.78 is 236. The number of halogens is 17. The van der Waals surface area contributed by atoms with Crippen LogP contribution in [0.1, 0.15) is 43.2 Å². The van der Waals surface area contributed by atoms with Gasteiger partial charge in [-0.2, -0.15) is 74.6 Å². The molecule has 0 saturated carbocycles. The topological polar surface area (TPSA) is 38.7 Å². The molecule has 0 amide bonds. The van der Waals surface area contributed by atoms with Gasteiger partial charge in [0.15, 0.2) is 0 Å². The molecular formula is C25H20F17NO2S. The lowest BCUT2D eigenvalue weighted by Gasteiger charge is -2.42. The maximum Gasteiger partial charge on any atom is 0.460 e. The molecule has 3 nitrogen and oxygen atoms in total. The van der Waals surface area contributed by atoms with E-state index < -0.39 is 73.1 Å². The van der Waals surface area contributed by atoms with E-state index in [0.717, 1.165) is 41.6 Å². The highest BCUT2D eigenvalue weighted by molar-refractivity contribution is 7.98. The molecule has 1 aliphatic carbocycles. The van der Waals surface area contributed by atoms with Crippen molar-refractivity contribution in [2.24, 2.45) is 10.3 Å². The fourth-order valence-electron chi connectivity index (χ4n) is 4.69. The zero-order valence-corrected chi connectivity index (χ0v) is 23.3. The third-order valence-electron chi connectivity index (χ3n) is 7.43. The lowest BCUT2D eigenvalue weighted by molar-refractivity contribution is -0.461. The smallest absolute Gasteiger partial charge is 0.460 e. The quantitative estimate of drug-likeness (QED) is 0.123. The lowest BCUT2D eigenvalue weighted by Crippen LogP contribution is -2.74. The predicted octanol–water partition coefficient (Wildman–Crippen LogP) is 9.18. The molecule has 0 N–H and O–H groups in total. The van der Waals surface area contributed by atoms with Crippen molar-refractivity contribution in [3.8, 4) is 0 Å². The van der Waals surface area contributed by atoms with E-state index in [1.165, 1.54) is 0 Å². The van der Waals surface area contributed by atoms with Crippen molar-refractivity contribution >= 4 is 23.6 Å². The van der Waals surface area contributed by atoms with Crippen LogP contribution in [0.3, 0.4) is 0 Å². The molecule has 0 aromatic heterocycles. The lowest BCUT2D eigenvalue weighted by atomic mass is 9.79. The van der Waals surface area contributed by atoms with Crippen LogP contribution in [-0.2, 0) is 16.0 Å². The summed E-state index contributed by atoms with van der Waals surface area (Å²) in [7, 11) is 0. The molecule has 46 heavy (non-hydrogen) atoms. The third-order valence-corrected chi connectivity index (χ3v) is 8.45. The van der Waals surface area contributed by atoms with Crippen molar-refractivity contribution in [3.63, 3.8) is 0 Å². The van der Waals surface area contributed by atoms with E-state index >= 15 is 0 Å². The number of fused-ring (bicyclic) bond motifs is 3. The highest BCUT2D eigenvalue weighted by Gasteiger charge is 2.95.